The third-order valence-electron chi connectivity index (χ3n) is 3.72. The first-order valence-electron chi connectivity index (χ1n) is 6.66. The molecule has 0 saturated carbocycles. The van der Waals surface area contributed by atoms with Crippen LogP contribution in [-0.2, 0) is 14.8 Å². The molecule has 0 bridgehead atoms. The highest BCUT2D eigenvalue weighted by molar-refractivity contribution is 7.92. The highest BCUT2D eigenvalue weighted by Crippen LogP contribution is 2.42. The van der Waals surface area contributed by atoms with Gasteiger partial charge in [0.25, 0.3) is 0 Å². The van der Waals surface area contributed by atoms with Crippen LogP contribution in [0.2, 0.25) is 0 Å². The Bertz CT molecular complexity index is 704. The lowest BCUT2D eigenvalue weighted by Gasteiger charge is -2.43. The molecule has 0 fully saturated rings. The van der Waals surface area contributed by atoms with Gasteiger partial charge in [0.05, 0.1) is 17.5 Å². The Hall–Kier alpha value is -1.82. The molecule has 1 heterocycles. The second-order valence-corrected chi connectivity index (χ2v) is 7.54. The number of fused-ring (bicyclic) bond motifs is 1. The molecule has 0 atom stereocenters. The number of hydrogen-bond acceptors (Lipinski definition) is 3. The molecule has 0 aromatic heterocycles. The van der Waals surface area contributed by atoms with Crippen LogP contribution in [-0.4, -0.2) is 31.3 Å². The van der Waals surface area contributed by atoms with Crippen LogP contribution >= 0.6 is 0 Å². The molecule has 0 aliphatic carbocycles. The predicted octanol–water partition coefficient (Wildman–Crippen LogP) is 2.49. The van der Waals surface area contributed by atoms with E-state index in [1.54, 1.807) is 26.0 Å². The zero-order valence-corrected chi connectivity index (χ0v) is 13.1. The molecular formula is C15H19NO4S. The normalized spacial score (nSPS) is 17.1. The molecule has 0 amide bonds. The number of nitrogens with zero attached hydrogens (tertiary/aromatic N) is 1. The van der Waals surface area contributed by atoms with Crippen molar-refractivity contribution in [1.82, 2.24) is 0 Å². The maximum atomic E-state index is 12.2. The van der Waals surface area contributed by atoms with Crippen LogP contribution in [0.4, 0.5) is 5.69 Å². The molecule has 1 aromatic carbocycles. The molecule has 1 aromatic rings. The number of carboxylic acid groups (broad SMARTS) is 1. The van der Waals surface area contributed by atoms with Crippen molar-refractivity contribution >= 4 is 27.8 Å². The zero-order valence-electron chi connectivity index (χ0n) is 12.3. The molecule has 5 nitrogen and oxygen atoms in total. The monoisotopic (exact) mass is 309 g/mol. The topological polar surface area (TPSA) is 74.7 Å². The van der Waals surface area contributed by atoms with Crippen molar-refractivity contribution in [2.75, 3.05) is 10.6 Å². The number of sulfonamides is 1. The van der Waals surface area contributed by atoms with Gasteiger partial charge in [-0.1, -0.05) is 24.3 Å². The highest BCUT2D eigenvalue weighted by Gasteiger charge is 2.40. The molecule has 0 saturated heterocycles. The van der Waals surface area contributed by atoms with Crippen molar-refractivity contribution in [2.45, 2.75) is 32.2 Å². The summed E-state index contributed by atoms with van der Waals surface area (Å²) in [6.07, 6.45) is 3.38. The lowest BCUT2D eigenvalue weighted by molar-refractivity contribution is -0.136. The number of rotatable bonds is 4. The number of anilines is 1. The summed E-state index contributed by atoms with van der Waals surface area (Å²) in [4.78, 5) is 10.8. The van der Waals surface area contributed by atoms with Gasteiger partial charge in [-0.2, -0.15) is 0 Å². The largest absolute Gasteiger partial charge is 0.481 e. The lowest BCUT2D eigenvalue weighted by atomic mass is 9.85. The summed E-state index contributed by atoms with van der Waals surface area (Å²) in [6.45, 7) is 3.61. The Kier molecular flexibility index (Phi) is 3.84. The fourth-order valence-electron chi connectivity index (χ4n) is 2.80. The average molecular weight is 309 g/mol. The number of benzene rings is 1. The fraction of sp³-hybridized carbons (Fsp3) is 0.400. The fourth-order valence-corrected chi connectivity index (χ4v) is 4.27. The van der Waals surface area contributed by atoms with E-state index in [4.69, 9.17) is 5.11 Å². The SMILES string of the molecule is CC1(C)C(CCC(=O)O)=Cc2ccccc2N1S(C)(=O)=O. The first-order chi connectivity index (χ1) is 9.64. The smallest absolute Gasteiger partial charge is 0.303 e. The van der Waals surface area contributed by atoms with E-state index in [0.29, 0.717) is 12.1 Å². The van der Waals surface area contributed by atoms with E-state index in [1.807, 2.05) is 18.2 Å². The molecule has 21 heavy (non-hydrogen) atoms. The van der Waals surface area contributed by atoms with Gasteiger partial charge in [-0.15, -0.1) is 0 Å². The molecular weight excluding hydrogens is 290 g/mol. The third-order valence-corrected chi connectivity index (χ3v) is 5.04. The van der Waals surface area contributed by atoms with Crippen molar-refractivity contribution < 1.29 is 18.3 Å². The first-order valence-corrected chi connectivity index (χ1v) is 8.51. The standard InChI is InChI=1S/C15H19NO4S/c1-15(2)12(8-9-14(17)18)10-11-6-4-5-7-13(11)16(15)21(3,19)20/h4-7,10H,8-9H2,1-3H3,(H,17,18). The number of hydrogen-bond donors (Lipinski definition) is 1. The Labute approximate surface area is 124 Å². The molecule has 114 valence electrons. The number of carbonyl (C=O) groups is 1. The van der Waals surface area contributed by atoms with Gasteiger partial charge >= 0.3 is 5.97 Å². The summed E-state index contributed by atoms with van der Waals surface area (Å²) in [5.74, 6) is -0.892. The average Bonchev–Trinajstić information content (AvgIpc) is 2.33. The first kappa shape index (κ1) is 15.6. The van der Waals surface area contributed by atoms with Crippen LogP contribution in [0.15, 0.2) is 29.8 Å². The van der Waals surface area contributed by atoms with Crippen LogP contribution in [0.1, 0.15) is 32.3 Å². The van der Waals surface area contributed by atoms with Crippen LogP contribution in [0, 0.1) is 0 Å². The predicted molar refractivity (Wildman–Crippen MR) is 82.7 cm³/mol. The number of para-hydroxylation sites is 1. The van der Waals surface area contributed by atoms with Crippen molar-refractivity contribution in [2.24, 2.45) is 0 Å². The maximum absolute atomic E-state index is 12.2. The highest BCUT2D eigenvalue weighted by atomic mass is 32.2. The van der Waals surface area contributed by atoms with E-state index >= 15 is 0 Å². The quantitative estimate of drug-likeness (QED) is 0.927. The van der Waals surface area contributed by atoms with E-state index in [-0.39, 0.29) is 6.42 Å². The Morgan fingerprint density at radius 3 is 2.48 bits per heavy atom. The minimum absolute atomic E-state index is 0.0188. The Morgan fingerprint density at radius 1 is 1.29 bits per heavy atom. The second-order valence-electron chi connectivity index (χ2n) is 5.71. The summed E-state index contributed by atoms with van der Waals surface area (Å²) in [5.41, 5.74) is 1.44. The van der Waals surface area contributed by atoms with Gasteiger partial charge in [0, 0.05) is 6.42 Å². The minimum atomic E-state index is -3.47. The zero-order chi connectivity index (χ0) is 15.8. The summed E-state index contributed by atoms with van der Waals surface area (Å²) < 4.78 is 25.8. The van der Waals surface area contributed by atoms with Gasteiger partial charge < -0.3 is 5.11 Å². The van der Waals surface area contributed by atoms with Crippen molar-refractivity contribution in [1.29, 1.82) is 0 Å². The molecule has 0 radical (unpaired) electrons. The van der Waals surface area contributed by atoms with E-state index in [1.165, 1.54) is 10.6 Å². The third kappa shape index (κ3) is 2.95. The van der Waals surface area contributed by atoms with Crippen LogP contribution < -0.4 is 4.31 Å². The summed E-state index contributed by atoms with van der Waals surface area (Å²) >= 11 is 0. The number of carboxylic acids is 1. The molecule has 0 unspecified atom stereocenters. The number of aliphatic carboxylic acids is 1. The summed E-state index contributed by atoms with van der Waals surface area (Å²) in [7, 11) is -3.47. The second kappa shape index (κ2) is 5.18. The molecule has 0 spiro atoms. The van der Waals surface area contributed by atoms with Crippen molar-refractivity contribution in [3.63, 3.8) is 0 Å². The van der Waals surface area contributed by atoms with Crippen LogP contribution in [0.5, 0.6) is 0 Å². The van der Waals surface area contributed by atoms with E-state index < -0.39 is 21.5 Å². The molecule has 1 N–H and O–H groups in total. The summed E-state index contributed by atoms with van der Waals surface area (Å²) in [6, 6.07) is 7.23. The lowest BCUT2D eigenvalue weighted by Crippen LogP contribution is -2.50. The van der Waals surface area contributed by atoms with Crippen molar-refractivity contribution in [3.05, 3.63) is 35.4 Å². The Balaban J connectivity index is 2.59. The van der Waals surface area contributed by atoms with Gasteiger partial charge in [-0.05, 0) is 37.5 Å². The Morgan fingerprint density at radius 2 is 1.90 bits per heavy atom. The van der Waals surface area contributed by atoms with Crippen LogP contribution in [0.25, 0.3) is 6.08 Å². The molecule has 6 heteroatoms. The van der Waals surface area contributed by atoms with Gasteiger partial charge in [0.15, 0.2) is 0 Å². The minimum Gasteiger partial charge on any atom is -0.481 e. The van der Waals surface area contributed by atoms with Crippen LogP contribution in [0.3, 0.4) is 0 Å². The van der Waals surface area contributed by atoms with E-state index in [9.17, 15) is 13.2 Å². The van der Waals surface area contributed by atoms with E-state index in [0.717, 1.165) is 11.1 Å². The van der Waals surface area contributed by atoms with Gasteiger partial charge in [-0.25, -0.2) is 8.42 Å². The van der Waals surface area contributed by atoms with Gasteiger partial charge in [-0.3, -0.25) is 9.10 Å². The molecule has 1 aliphatic rings. The molecule has 2 rings (SSSR count). The summed E-state index contributed by atoms with van der Waals surface area (Å²) in [5, 5.41) is 8.88. The van der Waals surface area contributed by atoms with Crippen molar-refractivity contribution in [3.8, 4) is 0 Å². The molecule has 1 aliphatic heterocycles. The maximum Gasteiger partial charge on any atom is 0.303 e. The van der Waals surface area contributed by atoms with E-state index in [2.05, 4.69) is 0 Å². The van der Waals surface area contributed by atoms with Gasteiger partial charge in [0.2, 0.25) is 10.0 Å². The van der Waals surface area contributed by atoms with Gasteiger partial charge in [0.1, 0.15) is 0 Å².